The molecule has 7 heteroatoms. The van der Waals surface area contributed by atoms with E-state index < -0.39 is 0 Å². The van der Waals surface area contributed by atoms with Crippen molar-refractivity contribution in [2.24, 2.45) is 5.41 Å². The van der Waals surface area contributed by atoms with Crippen molar-refractivity contribution in [1.82, 2.24) is 30.0 Å². The lowest BCUT2D eigenvalue weighted by Crippen LogP contribution is -2.36. The first-order chi connectivity index (χ1) is 11.7. The molecule has 1 saturated carbocycles. The third-order valence-electron chi connectivity index (χ3n) is 5.68. The molecule has 1 atom stereocenters. The van der Waals surface area contributed by atoms with Crippen LogP contribution >= 0.6 is 11.3 Å². The zero-order chi connectivity index (χ0) is 16.6. The second-order valence-electron chi connectivity index (χ2n) is 7.07. The Kier molecular flexibility index (Phi) is 4.40. The van der Waals surface area contributed by atoms with Crippen molar-refractivity contribution in [2.75, 3.05) is 13.1 Å². The molecule has 0 aromatic carbocycles. The number of hydrogen-bond donors (Lipinski definition) is 1. The lowest BCUT2D eigenvalue weighted by Gasteiger charge is -2.29. The van der Waals surface area contributed by atoms with Crippen LogP contribution in [-0.2, 0) is 19.6 Å². The van der Waals surface area contributed by atoms with E-state index in [-0.39, 0.29) is 0 Å². The van der Waals surface area contributed by atoms with Gasteiger partial charge in [0.15, 0.2) is 0 Å². The summed E-state index contributed by atoms with van der Waals surface area (Å²) in [5.74, 6) is 2.09. The standard InChI is InChI=1S/C17H26N6S/c1-3-23-13(2)20-21-15(23)11-22(12-16-19-8-9-24-16)14-10-17(14)4-6-18-7-5-17/h8-9,14,18H,3-7,10-12H2,1-2H3/t14-/m1/s1. The van der Waals surface area contributed by atoms with Crippen molar-refractivity contribution in [3.05, 3.63) is 28.2 Å². The minimum atomic E-state index is 0.522. The van der Waals surface area contributed by atoms with E-state index in [0.717, 1.165) is 44.4 Å². The smallest absolute Gasteiger partial charge is 0.147 e. The predicted octanol–water partition coefficient (Wildman–Crippen LogP) is 2.21. The fourth-order valence-electron chi connectivity index (χ4n) is 4.22. The zero-order valence-corrected chi connectivity index (χ0v) is 15.3. The van der Waals surface area contributed by atoms with Gasteiger partial charge in [0.05, 0.1) is 13.1 Å². The number of aromatic nitrogens is 4. The largest absolute Gasteiger partial charge is 0.317 e. The molecule has 1 spiro atoms. The Balaban J connectivity index is 1.54. The molecule has 2 fully saturated rings. The summed E-state index contributed by atoms with van der Waals surface area (Å²) < 4.78 is 2.23. The van der Waals surface area contributed by atoms with Gasteiger partial charge in [0.2, 0.25) is 0 Å². The van der Waals surface area contributed by atoms with Crippen molar-refractivity contribution in [1.29, 1.82) is 0 Å². The van der Waals surface area contributed by atoms with E-state index in [9.17, 15) is 0 Å². The van der Waals surface area contributed by atoms with Gasteiger partial charge in [0, 0.05) is 24.2 Å². The normalized spacial score (nSPS) is 22.4. The van der Waals surface area contributed by atoms with E-state index in [1.165, 1.54) is 24.3 Å². The summed E-state index contributed by atoms with van der Waals surface area (Å²) >= 11 is 1.75. The van der Waals surface area contributed by atoms with Gasteiger partial charge in [-0.15, -0.1) is 21.5 Å². The van der Waals surface area contributed by atoms with E-state index in [1.54, 1.807) is 11.3 Å². The molecule has 24 heavy (non-hydrogen) atoms. The zero-order valence-electron chi connectivity index (χ0n) is 14.5. The Morgan fingerprint density at radius 3 is 2.88 bits per heavy atom. The Morgan fingerprint density at radius 2 is 2.17 bits per heavy atom. The van der Waals surface area contributed by atoms with Crippen molar-refractivity contribution in [2.45, 2.75) is 58.8 Å². The molecule has 1 saturated heterocycles. The molecule has 1 aliphatic heterocycles. The lowest BCUT2D eigenvalue weighted by atomic mass is 9.93. The number of nitrogens with one attached hydrogen (secondary N) is 1. The summed E-state index contributed by atoms with van der Waals surface area (Å²) in [5, 5.41) is 15.5. The van der Waals surface area contributed by atoms with Crippen LogP contribution in [0.2, 0.25) is 0 Å². The van der Waals surface area contributed by atoms with Crippen LogP contribution in [0.5, 0.6) is 0 Å². The molecular formula is C17H26N6S. The Hall–Kier alpha value is -1.31. The fourth-order valence-corrected chi connectivity index (χ4v) is 4.86. The number of piperidine rings is 1. The number of nitrogens with zero attached hydrogens (tertiary/aromatic N) is 5. The summed E-state index contributed by atoms with van der Waals surface area (Å²) in [6.45, 7) is 9.24. The predicted molar refractivity (Wildman–Crippen MR) is 94.7 cm³/mol. The minimum Gasteiger partial charge on any atom is -0.317 e. The Morgan fingerprint density at radius 1 is 1.33 bits per heavy atom. The average Bonchev–Trinajstić information content (AvgIpc) is 2.94. The van der Waals surface area contributed by atoms with Gasteiger partial charge in [0.25, 0.3) is 0 Å². The number of hydrogen-bond acceptors (Lipinski definition) is 6. The first-order valence-electron chi connectivity index (χ1n) is 8.94. The second-order valence-corrected chi connectivity index (χ2v) is 8.05. The third kappa shape index (κ3) is 3.00. The van der Waals surface area contributed by atoms with E-state index in [1.807, 2.05) is 13.1 Å². The molecule has 2 aromatic rings. The van der Waals surface area contributed by atoms with Gasteiger partial charge in [-0.25, -0.2) is 4.98 Å². The molecule has 6 nitrogen and oxygen atoms in total. The highest BCUT2D eigenvalue weighted by molar-refractivity contribution is 7.09. The van der Waals surface area contributed by atoms with Crippen LogP contribution in [0.3, 0.4) is 0 Å². The fraction of sp³-hybridized carbons (Fsp3) is 0.706. The summed E-state index contributed by atoms with van der Waals surface area (Å²) in [6.07, 6.45) is 5.82. The number of thiazole rings is 1. The van der Waals surface area contributed by atoms with Crippen molar-refractivity contribution in [3.8, 4) is 0 Å². The van der Waals surface area contributed by atoms with Crippen LogP contribution < -0.4 is 5.32 Å². The van der Waals surface area contributed by atoms with Gasteiger partial charge in [-0.2, -0.15) is 0 Å². The molecule has 0 amide bonds. The highest BCUT2D eigenvalue weighted by Gasteiger charge is 2.56. The SMILES string of the molecule is CCn1c(C)nnc1CN(Cc1nccs1)[C@@H]1CC12CCNCC2. The maximum atomic E-state index is 4.51. The van der Waals surface area contributed by atoms with Crippen LogP contribution in [0.1, 0.15) is 42.8 Å². The van der Waals surface area contributed by atoms with Gasteiger partial charge >= 0.3 is 0 Å². The molecule has 2 aromatic heterocycles. The van der Waals surface area contributed by atoms with Crippen molar-refractivity contribution < 1.29 is 0 Å². The molecule has 0 unspecified atom stereocenters. The molecule has 0 radical (unpaired) electrons. The van der Waals surface area contributed by atoms with Gasteiger partial charge in [-0.3, -0.25) is 4.90 Å². The van der Waals surface area contributed by atoms with Crippen molar-refractivity contribution in [3.63, 3.8) is 0 Å². The van der Waals surface area contributed by atoms with E-state index in [0.29, 0.717) is 11.5 Å². The van der Waals surface area contributed by atoms with E-state index >= 15 is 0 Å². The van der Waals surface area contributed by atoms with Crippen LogP contribution in [-0.4, -0.2) is 43.8 Å². The maximum absolute atomic E-state index is 4.51. The van der Waals surface area contributed by atoms with Crippen LogP contribution in [0.15, 0.2) is 11.6 Å². The summed E-state index contributed by atoms with van der Waals surface area (Å²) in [7, 11) is 0. The molecule has 0 bridgehead atoms. The molecule has 1 N–H and O–H groups in total. The van der Waals surface area contributed by atoms with Crippen molar-refractivity contribution >= 4 is 11.3 Å². The molecule has 130 valence electrons. The van der Waals surface area contributed by atoms with Crippen LogP contribution in [0.4, 0.5) is 0 Å². The molecule has 3 heterocycles. The molecule has 1 aliphatic carbocycles. The first kappa shape index (κ1) is 16.2. The summed E-state index contributed by atoms with van der Waals surface area (Å²) in [6, 6.07) is 0.658. The van der Waals surface area contributed by atoms with Crippen LogP contribution in [0, 0.1) is 12.3 Å². The second kappa shape index (κ2) is 6.54. The van der Waals surface area contributed by atoms with Gasteiger partial charge in [-0.1, -0.05) is 0 Å². The van der Waals surface area contributed by atoms with Crippen LogP contribution in [0.25, 0.3) is 0 Å². The number of rotatable bonds is 6. The summed E-state index contributed by atoms with van der Waals surface area (Å²) in [5.41, 5.74) is 0.522. The van der Waals surface area contributed by atoms with Gasteiger partial charge in [-0.05, 0) is 51.6 Å². The molecule has 2 aliphatic rings. The molecular weight excluding hydrogens is 320 g/mol. The first-order valence-corrected chi connectivity index (χ1v) is 9.81. The van der Waals surface area contributed by atoms with E-state index in [4.69, 9.17) is 0 Å². The van der Waals surface area contributed by atoms with E-state index in [2.05, 4.69) is 42.3 Å². The Bertz CT molecular complexity index is 673. The number of aryl methyl sites for hydroxylation is 1. The Labute approximate surface area is 147 Å². The van der Waals surface area contributed by atoms with Gasteiger partial charge in [0.1, 0.15) is 16.7 Å². The highest BCUT2D eigenvalue weighted by Crippen LogP contribution is 2.56. The third-order valence-corrected chi connectivity index (χ3v) is 6.45. The highest BCUT2D eigenvalue weighted by atomic mass is 32.1. The lowest BCUT2D eigenvalue weighted by molar-refractivity contribution is 0.182. The average molecular weight is 347 g/mol. The summed E-state index contributed by atoms with van der Waals surface area (Å²) in [4.78, 5) is 7.11. The maximum Gasteiger partial charge on any atom is 0.147 e. The van der Waals surface area contributed by atoms with Gasteiger partial charge < -0.3 is 9.88 Å². The molecule has 4 rings (SSSR count). The monoisotopic (exact) mass is 346 g/mol. The topological polar surface area (TPSA) is 58.9 Å². The quantitative estimate of drug-likeness (QED) is 0.869. The minimum absolute atomic E-state index is 0.522.